The Balaban J connectivity index is 1.97. The summed E-state index contributed by atoms with van der Waals surface area (Å²) in [7, 11) is 0. The number of hydrogen-bond donors (Lipinski definition) is 3. The zero-order chi connectivity index (χ0) is 13.0. The Kier molecular flexibility index (Phi) is 3.48. The first-order chi connectivity index (χ1) is 8.65. The molecule has 2 aromatic carbocycles. The van der Waals surface area contributed by atoms with Gasteiger partial charge >= 0.3 is 5.97 Å². The van der Waals surface area contributed by atoms with Crippen molar-refractivity contribution in [2.75, 3.05) is 5.32 Å². The van der Waals surface area contributed by atoms with E-state index >= 15 is 0 Å². The molecule has 0 fully saturated rings. The van der Waals surface area contributed by atoms with Gasteiger partial charge in [-0.25, -0.2) is 4.79 Å². The largest absolute Gasteiger partial charge is 0.508 e. The van der Waals surface area contributed by atoms with Crippen LogP contribution in [0.4, 0.5) is 5.69 Å². The van der Waals surface area contributed by atoms with E-state index in [0.29, 0.717) is 6.54 Å². The number of phenols is 1. The minimum atomic E-state index is -0.923. The fourth-order valence-corrected chi connectivity index (χ4v) is 1.55. The molecule has 18 heavy (non-hydrogen) atoms. The van der Waals surface area contributed by atoms with Crippen LogP contribution in [-0.2, 0) is 6.54 Å². The molecule has 0 atom stereocenters. The van der Waals surface area contributed by atoms with Crippen LogP contribution in [0, 0.1) is 0 Å². The van der Waals surface area contributed by atoms with E-state index in [4.69, 9.17) is 10.2 Å². The highest BCUT2D eigenvalue weighted by molar-refractivity contribution is 5.87. The number of nitrogens with one attached hydrogen (secondary N) is 1. The number of benzene rings is 2. The van der Waals surface area contributed by atoms with E-state index < -0.39 is 5.97 Å². The van der Waals surface area contributed by atoms with Crippen LogP contribution in [0.5, 0.6) is 5.75 Å². The lowest BCUT2D eigenvalue weighted by Crippen LogP contribution is -2.00. The van der Waals surface area contributed by atoms with Crippen molar-refractivity contribution in [3.05, 3.63) is 59.7 Å². The van der Waals surface area contributed by atoms with Crippen molar-refractivity contribution in [1.82, 2.24) is 0 Å². The Bertz CT molecular complexity index is 532. The molecule has 92 valence electrons. The van der Waals surface area contributed by atoms with Gasteiger partial charge in [-0.1, -0.05) is 12.1 Å². The van der Waals surface area contributed by atoms with Gasteiger partial charge in [0.1, 0.15) is 5.75 Å². The predicted molar refractivity (Wildman–Crippen MR) is 68.8 cm³/mol. The van der Waals surface area contributed by atoms with E-state index in [2.05, 4.69) is 5.32 Å². The summed E-state index contributed by atoms with van der Waals surface area (Å²) < 4.78 is 0. The molecule has 2 aromatic rings. The molecule has 4 nitrogen and oxygen atoms in total. The predicted octanol–water partition coefficient (Wildman–Crippen LogP) is 2.70. The normalized spacial score (nSPS) is 10.0. The molecule has 0 saturated carbocycles. The van der Waals surface area contributed by atoms with Crippen molar-refractivity contribution in [2.45, 2.75) is 6.54 Å². The maximum absolute atomic E-state index is 10.7. The van der Waals surface area contributed by atoms with E-state index in [1.807, 2.05) is 0 Å². The van der Waals surface area contributed by atoms with Crippen LogP contribution in [0.15, 0.2) is 48.5 Å². The second kappa shape index (κ2) is 5.23. The smallest absolute Gasteiger partial charge is 0.335 e. The highest BCUT2D eigenvalue weighted by Crippen LogP contribution is 2.15. The Morgan fingerprint density at radius 2 is 1.61 bits per heavy atom. The summed E-state index contributed by atoms with van der Waals surface area (Å²) in [5.74, 6) is -0.695. The van der Waals surface area contributed by atoms with Crippen LogP contribution in [0.1, 0.15) is 15.9 Å². The van der Waals surface area contributed by atoms with Crippen molar-refractivity contribution in [3.63, 3.8) is 0 Å². The van der Waals surface area contributed by atoms with Crippen LogP contribution in [0.2, 0.25) is 0 Å². The van der Waals surface area contributed by atoms with E-state index in [1.165, 1.54) is 0 Å². The minimum Gasteiger partial charge on any atom is -0.508 e. The molecular formula is C14H13NO3. The van der Waals surface area contributed by atoms with Gasteiger partial charge in [-0.15, -0.1) is 0 Å². The number of anilines is 1. The summed E-state index contributed by atoms with van der Waals surface area (Å²) in [6.45, 7) is 0.602. The summed E-state index contributed by atoms with van der Waals surface area (Å²) in [6, 6.07) is 13.5. The number of aromatic carboxylic acids is 1. The molecule has 0 radical (unpaired) electrons. The van der Waals surface area contributed by atoms with Crippen LogP contribution in [0.25, 0.3) is 0 Å². The Hall–Kier alpha value is -2.49. The molecule has 0 saturated heterocycles. The Morgan fingerprint density at radius 1 is 1.00 bits per heavy atom. The monoisotopic (exact) mass is 243 g/mol. The average Bonchev–Trinajstić information content (AvgIpc) is 2.38. The van der Waals surface area contributed by atoms with Gasteiger partial charge in [-0.05, 0) is 42.0 Å². The van der Waals surface area contributed by atoms with Gasteiger partial charge in [0.05, 0.1) is 5.56 Å². The zero-order valence-electron chi connectivity index (χ0n) is 9.63. The van der Waals surface area contributed by atoms with E-state index in [0.717, 1.165) is 11.3 Å². The third-order valence-corrected chi connectivity index (χ3v) is 2.56. The summed E-state index contributed by atoms with van der Waals surface area (Å²) in [4.78, 5) is 10.7. The summed E-state index contributed by atoms with van der Waals surface area (Å²) in [6.07, 6.45) is 0. The summed E-state index contributed by atoms with van der Waals surface area (Å²) in [5, 5.41) is 21.1. The zero-order valence-corrected chi connectivity index (χ0v) is 9.63. The molecular weight excluding hydrogens is 230 g/mol. The number of carbonyl (C=O) groups is 1. The van der Waals surface area contributed by atoms with Crippen LogP contribution in [0.3, 0.4) is 0 Å². The topological polar surface area (TPSA) is 69.6 Å². The fraction of sp³-hybridized carbons (Fsp3) is 0.0714. The molecule has 0 heterocycles. The number of hydrogen-bond acceptors (Lipinski definition) is 3. The lowest BCUT2D eigenvalue weighted by molar-refractivity contribution is 0.0697. The van der Waals surface area contributed by atoms with Crippen LogP contribution in [-0.4, -0.2) is 16.2 Å². The molecule has 4 heteroatoms. The van der Waals surface area contributed by atoms with Crippen molar-refractivity contribution < 1.29 is 15.0 Å². The minimum absolute atomic E-state index is 0.228. The van der Waals surface area contributed by atoms with Gasteiger partial charge in [0.25, 0.3) is 0 Å². The standard InChI is InChI=1S/C14H13NO3/c16-13-7-5-12(6-8-13)15-9-10-1-3-11(4-2-10)14(17)18/h1-8,15-16H,9H2,(H,17,18). The number of carboxylic acids is 1. The molecule has 0 aliphatic heterocycles. The third-order valence-electron chi connectivity index (χ3n) is 2.56. The molecule has 0 bridgehead atoms. The van der Waals surface area contributed by atoms with E-state index in [-0.39, 0.29) is 11.3 Å². The quantitative estimate of drug-likeness (QED) is 0.722. The van der Waals surface area contributed by atoms with Gasteiger partial charge in [-0.3, -0.25) is 0 Å². The molecule has 0 aromatic heterocycles. The van der Waals surface area contributed by atoms with Gasteiger partial charge in [0.2, 0.25) is 0 Å². The van der Waals surface area contributed by atoms with Crippen LogP contribution < -0.4 is 5.32 Å². The van der Waals surface area contributed by atoms with E-state index in [9.17, 15) is 4.79 Å². The van der Waals surface area contributed by atoms with E-state index in [1.54, 1.807) is 48.5 Å². The van der Waals surface area contributed by atoms with Crippen molar-refractivity contribution in [3.8, 4) is 5.75 Å². The number of carboxylic acid groups (broad SMARTS) is 1. The Labute approximate surface area is 105 Å². The number of phenolic OH excluding ortho intramolecular Hbond substituents is 1. The molecule has 0 aliphatic rings. The first-order valence-corrected chi connectivity index (χ1v) is 5.50. The summed E-state index contributed by atoms with van der Waals surface area (Å²) in [5.41, 5.74) is 2.17. The second-order valence-corrected chi connectivity index (χ2v) is 3.90. The first kappa shape index (κ1) is 12.0. The number of rotatable bonds is 4. The third kappa shape index (κ3) is 3.01. The first-order valence-electron chi connectivity index (χ1n) is 5.50. The van der Waals surface area contributed by atoms with Gasteiger partial charge in [-0.2, -0.15) is 0 Å². The number of aromatic hydroxyl groups is 1. The van der Waals surface area contributed by atoms with Crippen molar-refractivity contribution >= 4 is 11.7 Å². The lowest BCUT2D eigenvalue weighted by atomic mass is 10.1. The fourth-order valence-electron chi connectivity index (χ4n) is 1.55. The maximum Gasteiger partial charge on any atom is 0.335 e. The van der Waals surface area contributed by atoms with Crippen molar-refractivity contribution in [2.24, 2.45) is 0 Å². The average molecular weight is 243 g/mol. The molecule has 0 unspecified atom stereocenters. The van der Waals surface area contributed by atoms with Crippen LogP contribution >= 0.6 is 0 Å². The second-order valence-electron chi connectivity index (χ2n) is 3.90. The molecule has 3 N–H and O–H groups in total. The molecule has 0 spiro atoms. The lowest BCUT2D eigenvalue weighted by Gasteiger charge is -2.06. The van der Waals surface area contributed by atoms with Gasteiger partial charge in [0.15, 0.2) is 0 Å². The molecule has 0 aliphatic carbocycles. The van der Waals surface area contributed by atoms with Gasteiger partial charge < -0.3 is 15.5 Å². The SMILES string of the molecule is O=C(O)c1ccc(CNc2ccc(O)cc2)cc1. The van der Waals surface area contributed by atoms with Crippen molar-refractivity contribution in [1.29, 1.82) is 0 Å². The van der Waals surface area contributed by atoms with Gasteiger partial charge in [0, 0.05) is 12.2 Å². The maximum atomic E-state index is 10.7. The Morgan fingerprint density at radius 3 is 2.17 bits per heavy atom. The summed E-state index contributed by atoms with van der Waals surface area (Å²) >= 11 is 0. The molecule has 2 rings (SSSR count). The molecule has 0 amide bonds. The highest BCUT2D eigenvalue weighted by atomic mass is 16.4. The highest BCUT2D eigenvalue weighted by Gasteiger charge is 2.01.